The molecule has 0 aliphatic carbocycles. The zero-order valence-corrected chi connectivity index (χ0v) is 7.54. The van der Waals surface area contributed by atoms with Gasteiger partial charge >= 0.3 is 12.4 Å². The second kappa shape index (κ2) is 4.22. The van der Waals surface area contributed by atoms with Crippen molar-refractivity contribution in [1.29, 1.82) is 0 Å². The van der Waals surface area contributed by atoms with Crippen molar-refractivity contribution < 1.29 is 40.3 Å². The van der Waals surface area contributed by atoms with Crippen LogP contribution >= 0.6 is 0 Å². The Balaban J connectivity index is 3.42. The molecule has 0 spiro atoms. The highest BCUT2D eigenvalue weighted by Gasteiger charge is 2.36. The fraction of sp³-hybridized carbons (Fsp3) is 0.125. The van der Waals surface area contributed by atoms with E-state index in [1.165, 1.54) is 0 Å². The van der Waals surface area contributed by atoms with Crippen molar-refractivity contribution in [3.05, 3.63) is 29.1 Å². The van der Waals surface area contributed by atoms with Crippen LogP contribution < -0.4 is 4.74 Å². The molecule has 0 heterocycles. The molecule has 2 nitrogen and oxygen atoms in total. The highest BCUT2D eigenvalue weighted by atomic mass is 19.4. The van der Waals surface area contributed by atoms with E-state index in [2.05, 4.69) is 4.74 Å². The molecule has 17 heavy (non-hydrogen) atoms. The lowest BCUT2D eigenvalue weighted by molar-refractivity contribution is -0.276. The minimum atomic E-state index is -5.52. The van der Waals surface area contributed by atoms with E-state index in [0.717, 1.165) is 0 Å². The summed E-state index contributed by atoms with van der Waals surface area (Å²) >= 11 is 0. The van der Waals surface area contributed by atoms with Gasteiger partial charge in [0.2, 0.25) is 11.6 Å². The quantitative estimate of drug-likeness (QED) is 0.465. The lowest BCUT2D eigenvalue weighted by Gasteiger charge is -2.11. The molecule has 9 heteroatoms. The number of carbonyl (C=O) groups excluding carboxylic acids is 1. The molecule has 0 amide bonds. The Labute approximate surface area is 88.6 Å². The van der Waals surface area contributed by atoms with Crippen LogP contribution in [-0.4, -0.2) is 12.4 Å². The third-order valence-corrected chi connectivity index (χ3v) is 1.55. The molecule has 1 rings (SSSR count). The van der Waals surface area contributed by atoms with Gasteiger partial charge in [-0.2, -0.15) is 8.78 Å². The van der Waals surface area contributed by atoms with Crippen LogP contribution in [0.1, 0.15) is 10.4 Å². The Morgan fingerprint density at radius 3 is 2.06 bits per heavy atom. The maximum absolute atomic E-state index is 13.0. The Morgan fingerprint density at radius 2 is 1.65 bits per heavy atom. The topological polar surface area (TPSA) is 26.3 Å². The van der Waals surface area contributed by atoms with Gasteiger partial charge in [0.15, 0.2) is 11.6 Å². The minimum Gasteiger partial charge on any atom is -0.399 e. The van der Waals surface area contributed by atoms with Gasteiger partial charge in [0.25, 0.3) is 0 Å². The van der Waals surface area contributed by atoms with Crippen molar-refractivity contribution in [2.45, 2.75) is 6.36 Å². The molecule has 0 bridgehead atoms. The molecular formula is C8HF7O2. The number of ether oxygens (including phenoxy) is 1. The number of alkyl halides is 3. The fourth-order valence-electron chi connectivity index (χ4n) is 0.929. The van der Waals surface area contributed by atoms with Crippen LogP contribution in [0, 0.1) is 17.5 Å². The third kappa shape index (κ3) is 2.86. The number of hydrogen-bond donors (Lipinski definition) is 0. The first-order chi connectivity index (χ1) is 7.63. The molecule has 0 atom stereocenters. The Kier molecular flexibility index (Phi) is 3.30. The van der Waals surface area contributed by atoms with Crippen LogP contribution in [0.15, 0.2) is 6.07 Å². The Bertz CT molecular complexity index is 466. The molecule has 0 saturated carbocycles. The van der Waals surface area contributed by atoms with E-state index < -0.39 is 41.2 Å². The lowest BCUT2D eigenvalue weighted by atomic mass is 10.2. The van der Waals surface area contributed by atoms with Gasteiger partial charge in [-0.15, -0.1) is 13.2 Å². The van der Waals surface area contributed by atoms with Gasteiger partial charge in [-0.05, 0) is 6.07 Å². The number of carbonyl (C=O) groups is 1. The molecule has 0 saturated heterocycles. The van der Waals surface area contributed by atoms with Crippen molar-refractivity contribution in [2.75, 3.05) is 0 Å². The predicted molar refractivity (Wildman–Crippen MR) is 38.4 cm³/mol. The van der Waals surface area contributed by atoms with Crippen molar-refractivity contribution >= 4 is 6.04 Å². The summed E-state index contributed by atoms with van der Waals surface area (Å²) in [5, 5.41) is 0. The van der Waals surface area contributed by atoms with Crippen molar-refractivity contribution in [1.82, 2.24) is 0 Å². The number of benzene rings is 1. The highest BCUT2D eigenvalue weighted by molar-refractivity contribution is 5.89. The van der Waals surface area contributed by atoms with Crippen LogP contribution in [0.4, 0.5) is 30.7 Å². The van der Waals surface area contributed by atoms with E-state index in [1.807, 2.05) is 0 Å². The smallest absolute Gasteiger partial charge is 0.399 e. The van der Waals surface area contributed by atoms with E-state index in [0.29, 0.717) is 0 Å². The Hall–Kier alpha value is -1.80. The summed E-state index contributed by atoms with van der Waals surface area (Å²) < 4.78 is 88.5. The predicted octanol–water partition coefficient (Wildman–Crippen LogP) is 3.11. The molecule has 0 aliphatic rings. The summed E-state index contributed by atoms with van der Waals surface area (Å²) in [5.41, 5.74) is -1.69. The van der Waals surface area contributed by atoms with E-state index >= 15 is 0 Å². The first kappa shape index (κ1) is 13.3. The molecule has 0 N–H and O–H groups in total. The van der Waals surface area contributed by atoms with Crippen LogP contribution in [0.5, 0.6) is 5.75 Å². The van der Waals surface area contributed by atoms with Crippen molar-refractivity contribution in [2.24, 2.45) is 0 Å². The average Bonchev–Trinajstić information content (AvgIpc) is 2.16. The van der Waals surface area contributed by atoms with Gasteiger partial charge < -0.3 is 4.74 Å². The second-order valence-corrected chi connectivity index (χ2v) is 2.68. The number of rotatable bonds is 2. The number of halogens is 7. The molecule has 1 aromatic rings. The van der Waals surface area contributed by atoms with Crippen LogP contribution in [0.3, 0.4) is 0 Å². The molecule has 0 fully saturated rings. The van der Waals surface area contributed by atoms with Gasteiger partial charge in [0.1, 0.15) is 0 Å². The van der Waals surface area contributed by atoms with Gasteiger partial charge in [0.05, 0.1) is 5.56 Å². The largest absolute Gasteiger partial charge is 0.573 e. The SMILES string of the molecule is O=C(F)c1cc(F)c(F)c(OC(F)(F)F)c1F. The summed E-state index contributed by atoms with van der Waals surface area (Å²) in [5.74, 6) is -8.86. The van der Waals surface area contributed by atoms with Crippen molar-refractivity contribution in [3.8, 4) is 5.75 Å². The molecule has 0 aliphatic heterocycles. The first-order valence-electron chi connectivity index (χ1n) is 3.76. The molecule has 1 aromatic carbocycles. The van der Waals surface area contributed by atoms with Gasteiger partial charge in [-0.25, -0.2) is 8.78 Å². The van der Waals surface area contributed by atoms with E-state index in [1.54, 1.807) is 0 Å². The first-order valence-corrected chi connectivity index (χ1v) is 3.76. The van der Waals surface area contributed by atoms with Gasteiger partial charge in [-0.1, -0.05) is 0 Å². The van der Waals surface area contributed by atoms with E-state index in [-0.39, 0.29) is 6.07 Å². The Morgan fingerprint density at radius 1 is 1.12 bits per heavy atom. The van der Waals surface area contributed by atoms with Crippen LogP contribution in [0.2, 0.25) is 0 Å². The van der Waals surface area contributed by atoms with Crippen LogP contribution in [0.25, 0.3) is 0 Å². The summed E-state index contributed by atoms with van der Waals surface area (Å²) in [6.45, 7) is 0. The monoisotopic (exact) mass is 262 g/mol. The van der Waals surface area contributed by atoms with Crippen LogP contribution in [-0.2, 0) is 0 Å². The standard InChI is InChI=1S/C8HF7O2/c9-3-1-2(7(12)16)4(10)6(5(3)11)17-8(13,14)15/h1H. The molecule has 0 aromatic heterocycles. The zero-order chi connectivity index (χ0) is 13.4. The highest BCUT2D eigenvalue weighted by Crippen LogP contribution is 2.32. The lowest BCUT2D eigenvalue weighted by Crippen LogP contribution is -2.20. The maximum Gasteiger partial charge on any atom is 0.573 e. The molecule has 0 radical (unpaired) electrons. The fourth-order valence-corrected chi connectivity index (χ4v) is 0.929. The van der Waals surface area contributed by atoms with E-state index in [9.17, 15) is 35.5 Å². The molecule has 94 valence electrons. The minimum absolute atomic E-state index is 0.212. The molecular weight excluding hydrogens is 261 g/mol. The van der Waals surface area contributed by atoms with Gasteiger partial charge in [-0.3, -0.25) is 4.79 Å². The summed E-state index contributed by atoms with van der Waals surface area (Å²) in [6, 6.07) is -2.77. The normalized spacial score (nSPS) is 11.5. The summed E-state index contributed by atoms with van der Waals surface area (Å²) in [7, 11) is 0. The molecule has 0 unspecified atom stereocenters. The van der Waals surface area contributed by atoms with Gasteiger partial charge in [0, 0.05) is 0 Å². The summed E-state index contributed by atoms with van der Waals surface area (Å²) in [4.78, 5) is 10.1. The third-order valence-electron chi connectivity index (χ3n) is 1.55. The number of hydrogen-bond acceptors (Lipinski definition) is 2. The average molecular weight is 262 g/mol. The van der Waals surface area contributed by atoms with E-state index in [4.69, 9.17) is 0 Å². The zero-order valence-electron chi connectivity index (χ0n) is 7.54. The maximum atomic E-state index is 13.0. The summed E-state index contributed by atoms with van der Waals surface area (Å²) in [6.07, 6.45) is -5.52. The van der Waals surface area contributed by atoms with Crippen molar-refractivity contribution in [3.63, 3.8) is 0 Å². The second-order valence-electron chi connectivity index (χ2n) is 2.68.